The lowest BCUT2D eigenvalue weighted by Gasteiger charge is -2.49. The van der Waals surface area contributed by atoms with Crippen LogP contribution < -0.4 is 11.1 Å². The predicted octanol–water partition coefficient (Wildman–Crippen LogP) is 1.03. The molecule has 1 saturated heterocycles. The van der Waals surface area contributed by atoms with Crippen LogP contribution in [0.3, 0.4) is 0 Å². The molecular formula is C18H15N7O4S3. The number of nitrogens with zero attached hydrogens (tertiary/aromatic N) is 4. The molecular weight excluding hydrogens is 474 g/mol. The van der Waals surface area contributed by atoms with Gasteiger partial charge in [-0.1, -0.05) is 17.8 Å². The highest BCUT2D eigenvalue weighted by Gasteiger charge is 2.54. The number of aromatic amines is 1. The number of amides is 2. The monoisotopic (exact) mass is 489 g/mol. The Hall–Kier alpha value is -3.10. The number of fused-ring (bicyclic) bond motifs is 2. The molecule has 0 aliphatic carbocycles. The van der Waals surface area contributed by atoms with Crippen molar-refractivity contribution in [1.82, 2.24) is 30.4 Å². The summed E-state index contributed by atoms with van der Waals surface area (Å²) < 4.78 is 0. The number of thiophene rings is 1. The molecule has 0 radical (unpaired) electrons. The number of nitrogen functional groups attached to an aromatic ring is 1. The van der Waals surface area contributed by atoms with Crippen molar-refractivity contribution >= 4 is 69.5 Å². The molecule has 0 saturated carbocycles. The van der Waals surface area contributed by atoms with Crippen LogP contribution in [0.2, 0.25) is 0 Å². The first-order chi connectivity index (χ1) is 15.4. The number of hydrogen-bond acceptors (Lipinski definition) is 10. The van der Waals surface area contributed by atoms with Gasteiger partial charge in [-0.15, -0.1) is 23.1 Å². The Balaban J connectivity index is 1.35. The normalized spacial score (nSPS) is 20.2. The average molecular weight is 490 g/mol. The number of nitrogens with two attached hydrogens (primary N) is 1. The molecule has 164 valence electrons. The number of β-lactam (4-membered cyclic amide) rings is 1. The lowest BCUT2D eigenvalue weighted by Crippen LogP contribution is -2.70. The maximum atomic E-state index is 12.8. The van der Waals surface area contributed by atoms with Crippen LogP contribution in [0.15, 0.2) is 39.5 Å². The number of carboxylic acids is 1. The maximum Gasteiger partial charge on any atom is 0.353 e. The minimum Gasteiger partial charge on any atom is -0.477 e. The molecule has 1 unspecified atom stereocenters. The first kappa shape index (κ1) is 20.8. The Labute approximate surface area is 192 Å². The second-order valence-electron chi connectivity index (χ2n) is 6.91. The fourth-order valence-electron chi connectivity index (χ4n) is 3.46. The summed E-state index contributed by atoms with van der Waals surface area (Å²) in [7, 11) is 0. The van der Waals surface area contributed by atoms with Crippen LogP contribution in [-0.2, 0) is 20.8 Å². The Kier molecular flexibility index (Phi) is 5.27. The summed E-state index contributed by atoms with van der Waals surface area (Å²) >= 11 is 3.88. The van der Waals surface area contributed by atoms with Crippen molar-refractivity contribution in [3.05, 3.63) is 39.2 Å². The number of anilines is 1. The van der Waals surface area contributed by atoms with E-state index in [-0.39, 0.29) is 29.0 Å². The van der Waals surface area contributed by atoms with E-state index >= 15 is 0 Å². The highest BCUT2D eigenvalue weighted by molar-refractivity contribution is 8.06. The number of H-pyrrole nitrogens is 1. The number of carbonyl (C=O) groups excluding carboxylic acids is 2. The fourth-order valence-corrected chi connectivity index (χ4v) is 6.58. The molecule has 0 bridgehead atoms. The average Bonchev–Trinajstić information content (AvgIpc) is 3.43. The summed E-state index contributed by atoms with van der Waals surface area (Å²) in [4.78, 5) is 48.2. The zero-order chi connectivity index (χ0) is 22.4. The molecule has 0 spiro atoms. The number of hydrogen-bond donors (Lipinski definition) is 4. The second kappa shape index (κ2) is 8.11. The first-order valence-electron chi connectivity index (χ1n) is 9.29. The lowest BCUT2D eigenvalue weighted by atomic mass is 10.0. The van der Waals surface area contributed by atoms with Gasteiger partial charge in [0.05, 0.1) is 18.0 Å². The predicted molar refractivity (Wildman–Crippen MR) is 120 cm³/mol. The van der Waals surface area contributed by atoms with E-state index in [2.05, 4.69) is 25.5 Å². The number of carbonyl (C=O) groups is 3. The van der Waals surface area contributed by atoms with Gasteiger partial charge in [-0.05, 0) is 11.4 Å². The molecule has 0 aromatic carbocycles. The molecule has 5 N–H and O–H groups in total. The van der Waals surface area contributed by atoms with Gasteiger partial charge in [0, 0.05) is 15.5 Å². The summed E-state index contributed by atoms with van der Waals surface area (Å²) in [6.45, 7) is 0. The zero-order valence-electron chi connectivity index (χ0n) is 16.1. The third kappa shape index (κ3) is 3.59. The number of thioether (sulfide) groups is 2. The van der Waals surface area contributed by atoms with Gasteiger partial charge in [0.2, 0.25) is 5.91 Å². The van der Waals surface area contributed by atoms with Crippen molar-refractivity contribution in [3.8, 4) is 0 Å². The van der Waals surface area contributed by atoms with Crippen LogP contribution in [0.1, 0.15) is 4.88 Å². The maximum absolute atomic E-state index is 12.8. The molecule has 2 atom stereocenters. The SMILES string of the molecule is Nc1nc(SC2=C(C(=O)O)N3C(=O)C(NC(=O)Cc4cccs4)[C@H]3SC2)nc2[nH]ncc12. The van der Waals surface area contributed by atoms with E-state index in [1.165, 1.54) is 34.2 Å². The van der Waals surface area contributed by atoms with Gasteiger partial charge in [-0.2, -0.15) is 5.10 Å². The number of aromatic nitrogens is 4. The van der Waals surface area contributed by atoms with Gasteiger partial charge in [0.15, 0.2) is 10.8 Å². The molecule has 11 nitrogen and oxygen atoms in total. The molecule has 14 heteroatoms. The van der Waals surface area contributed by atoms with Crippen LogP contribution in [0, 0.1) is 0 Å². The van der Waals surface area contributed by atoms with Gasteiger partial charge in [0.25, 0.3) is 5.91 Å². The van der Waals surface area contributed by atoms with E-state index in [0.29, 0.717) is 21.7 Å². The van der Waals surface area contributed by atoms with Crippen molar-refractivity contribution in [2.75, 3.05) is 11.5 Å². The number of nitrogens with one attached hydrogen (secondary N) is 2. The largest absolute Gasteiger partial charge is 0.477 e. The van der Waals surface area contributed by atoms with E-state index in [1.54, 1.807) is 0 Å². The molecule has 3 aromatic heterocycles. The Morgan fingerprint density at radius 1 is 1.41 bits per heavy atom. The van der Waals surface area contributed by atoms with E-state index in [9.17, 15) is 19.5 Å². The van der Waals surface area contributed by atoms with Crippen molar-refractivity contribution in [1.29, 1.82) is 0 Å². The van der Waals surface area contributed by atoms with Gasteiger partial charge in [0.1, 0.15) is 22.9 Å². The van der Waals surface area contributed by atoms with Gasteiger partial charge >= 0.3 is 5.97 Å². The topological polar surface area (TPSA) is 167 Å². The van der Waals surface area contributed by atoms with E-state index in [0.717, 1.165) is 16.6 Å². The summed E-state index contributed by atoms with van der Waals surface area (Å²) in [5.41, 5.74) is 6.24. The van der Waals surface area contributed by atoms with Crippen LogP contribution in [0.25, 0.3) is 11.0 Å². The smallest absolute Gasteiger partial charge is 0.353 e. The molecule has 2 aliphatic rings. The molecule has 2 aliphatic heterocycles. The Bertz CT molecular complexity index is 1270. The number of carboxylic acid groups (broad SMARTS) is 1. The van der Waals surface area contributed by atoms with Crippen molar-refractivity contribution < 1.29 is 19.5 Å². The molecule has 32 heavy (non-hydrogen) atoms. The summed E-state index contributed by atoms with van der Waals surface area (Å²) in [5, 5.41) is 21.4. The molecule has 1 fully saturated rings. The lowest BCUT2D eigenvalue weighted by molar-refractivity contribution is -0.150. The Morgan fingerprint density at radius 3 is 3.00 bits per heavy atom. The van der Waals surface area contributed by atoms with E-state index < -0.39 is 23.3 Å². The van der Waals surface area contributed by atoms with Gasteiger partial charge < -0.3 is 16.2 Å². The highest BCUT2D eigenvalue weighted by atomic mass is 32.2. The quantitative estimate of drug-likeness (QED) is 0.290. The van der Waals surface area contributed by atoms with Gasteiger partial charge in [-0.3, -0.25) is 19.6 Å². The summed E-state index contributed by atoms with van der Waals surface area (Å²) in [6, 6.07) is 2.94. The third-order valence-electron chi connectivity index (χ3n) is 4.90. The van der Waals surface area contributed by atoms with Crippen LogP contribution >= 0.6 is 34.9 Å². The fraction of sp³-hybridized carbons (Fsp3) is 0.222. The summed E-state index contributed by atoms with van der Waals surface area (Å²) in [6.07, 6.45) is 1.68. The third-order valence-corrected chi connectivity index (χ3v) is 8.19. The minimum atomic E-state index is -1.23. The number of rotatable bonds is 6. The van der Waals surface area contributed by atoms with Crippen LogP contribution in [-0.4, -0.2) is 65.1 Å². The molecule has 2 amide bonds. The summed E-state index contributed by atoms with van der Waals surface area (Å²) in [5.74, 6) is -1.42. The molecule has 5 heterocycles. The van der Waals surface area contributed by atoms with Crippen molar-refractivity contribution in [3.63, 3.8) is 0 Å². The second-order valence-corrected chi connectivity index (χ2v) is 10.1. The first-order valence-corrected chi connectivity index (χ1v) is 12.0. The van der Waals surface area contributed by atoms with Crippen LogP contribution in [0.4, 0.5) is 5.82 Å². The minimum absolute atomic E-state index is 0.126. The van der Waals surface area contributed by atoms with E-state index in [4.69, 9.17) is 5.73 Å². The van der Waals surface area contributed by atoms with Crippen molar-refractivity contribution in [2.45, 2.75) is 23.0 Å². The van der Waals surface area contributed by atoms with E-state index in [1.807, 2.05) is 17.5 Å². The standard InChI is InChI=1S/C18H15N7O4S3/c19-13-8-5-20-24-14(8)23-18(22-13)32-9-6-31-16-11(15(27)25(16)12(9)17(28)29)21-10(26)4-7-2-1-3-30-7/h1-3,5,11,16H,4,6H2,(H,21,26)(H,28,29)(H3,19,20,22,23,24)/t11?,16-/m1/s1. The molecule has 3 aromatic rings. The van der Waals surface area contributed by atoms with Crippen LogP contribution in [0.5, 0.6) is 0 Å². The zero-order valence-corrected chi connectivity index (χ0v) is 18.6. The highest BCUT2D eigenvalue weighted by Crippen LogP contribution is 2.44. The van der Waals surface area contributed by atoms with Gasteiger partial charge in [-0.25, -0.2) is 14.8 Å². The van der Waals surface area contributed by atoms with Crippen molar-refractivity contribution in [2.24, 2.45) is 0 Å². The Morgan fingerprint density at radius 2 is 2.25 bits per heavy atom. The number of aliphatic carboxylic acids is 1. The molecule has 5 rings (SSSR count).